The molecule has 0 saturated carbocycles. The summed E-state index contributed by atoms with van der Waals surface area (Å²) in [4.78, 5) is 0.254. The molecule has 2 rings (SSSR count). The van der Waals surface area contributed by atoms with Crippen LogP contribution < -0.4 is 14.2 Å². The Morgan fingerprint density at radius 1 is 0.962 bits per heavy atom. The van der Waals surface area contributed by atoms with Crippen molar-refractivity contribution in [3.8, 4) is 11.5 Å². The van der Waals surface area contributed by atoms with Gasteiger partial charge in [0, 0.05) is 12.6 Å². The Labute approximate surface area is 156 Å². The van der Waals surface area contributed by atoms with Crippen molar-refractivity contribution in [1.29, 1.82) is 0 Å². The Kier molecular flexibility index (Phi) is 6.67. The summed E-state index contributed by atoms with van der Waals surface area (Å²) >= 11 is 0. The molecule has 0 amide bonds. The van der Waals surface area contributed by atoms with Crippen molar-refractivity contribution in [3.05, 3.63) is 54.1 Å². The van der Waals surface area contributed by atoms with Crippen LogP contribution in [0.4, 0.5) is 0 Å². The molecule has 26 heavy (non-hydrogen) atoms. The van der Waals surface area contributed by atoms with Gasteiger partial charge in [0.25, 0.3) is 0 Å². The molecule has 0 fully saturated rings. The van der Waals surface area contributed by atoms with E-state index in [-0.39, 0.29) is 23.5 Å². The molecule has 5 nitrogen and oxygen atoms in total. The second kappa shape index (κ2) is 8.56. The van der Waals surface area contributed by atoms with Gasteiger partial charge >= 0.3 is 0 Å². The van der Waals surface area contributed by atoms with Crippen LogP contribution in [0.1, 0.15) is 33.3 Å². The first-order chi connectivity index (χ1) is 12.2. The minimum absolute atomic E-state index is 0.0143. The molecule has 0 saturated heterocycles. The Morgan fingerprint density at radius 2 is 1.58 bits per heavy atom. The highest BCUT2D eigenvalue weighted by Gasteiger charge is 2.17. The summed E-state index contributed by atoms with van der Waals surface area (Å²) in [6.07, 6.45) is 0. The van der Waals surface area contributed by atoms with Gasteiger partial charge < -0.3 is 9.47 Å². The van der Waals surface area contributed by atoms with E-state index < -0.39 is 10.0 Å². The number of ether oxygens (including phenoxy) is 2. The lowest BCUT2D eigenvalue weighted by Crippen LogP contribution is -2.28. The van der Waals surface area contributed by atoms with Crippen LogP contribution in [-0.2, 0) is 15.4 Å². The standard InChI is InChI=1S/C20H27NO4S/c1-5-24-17-7-6-8-18(15-17)25-14-13-21-26(22,23)19-11-9-16(10-12-19)20(2,3)4/h6-12,15,21H,5,13-14H2,1-4H3. The molecule has 0 aliphatic rings. The summed E-state index contributed by atoms with van der Waals surface area (Å²) < 4.78 is 38.3. The van der Waals surface area contributed by atoms with Crippen LogP contribution >= 0.6 is 0 Å². The maximum atomic E-state index is 12.4. The maximum absolute atomic E-state index is 12.4. The van der Waals surface area contributed by atoms with E-state index in [9.17, 15) is 8.42 Å². The average Bonchev–Trinajstić information content (AvgIpc) is 2.59. The molecule has 0 bridgehead atoms. The normalized spacial score (nSPS) is 12.0. The molecule has 0 atom stereocenters. The van der Waals surface area contributed by atoms with Crippen molar-refractivity contribution in [1.82, 2.24) is 4.72 Å². The van der Waals surface area contributed by atoms with Gasteiger partial charge in [0.1, 0.15) is 18.1 Å². The van der Waals surface area contributed by atoms with Gasteiger partial charge in [0.2, 0.25) is 10.0 Å². The molecule has 2 aromatic carbocycles. The molecule has 0 aliphatic heterocycles. The SMILES string of the molecule is CCOc1cccc(OCCNS(=O)(=O)c2ccc(C(C)(C)C)cc2)c1. The third-order valence-electron chi connectivity index (χ3n) is 3.81. The maximum Gasteiger partial charge on any atom is 0.240 e. The molecule has 1 N–H and O–H groups in total. The average molecular weight is 378 g/mol. The van der Waals surface area contributed by atoms with Crippen molar-refractivity contribution in [2.24, 2.45) is 0 Å². The number of nitrogens with one attached hydrogen (secondary N) is 1. The molecule has 142 valence electrons. The first-order valence-corrected chi connectivity index (χ1v) is 10.2. The van der Waals surface area contributed by atoms with Gasteiger partial charge in [0.15, 0.2) is 0 Å². The van der Waals surface area contributed by atoms with Crippen LogP contribution in [0.2, 0.25) is 0 Å². The minimum Gasteiger partial charge on any atom is -0.494 e. The monoisotopic (exact) mass is 377 g/mol. The lowest BCUT2D eigenvalue weighted by atomic mass is 9.87. The number of hydrogen-bond acceptors (Lipinski definition) is 4. The quantitative estimate of drug-likeness (QED) is 0.712. The molecular weight excluding hydrogens is 350 g/mol. The van der Waals surface area contributed by atoms with Crippen LogP contribution in [0.15, 0.2) is 53.4 Å². The van der Waals surface area contributed by atoms with Crippen LogP contribution in [0, 0.1) is 0 Å². The van der Waals surface area contributed by atoms with Gasteiger partial charge in [-0.1, -0.05) is 39.0 Å². The topological polar surface area (TPSA) is 64.6 Å². The summed E-state index contributed by atoms with van der Waals surface area (Å²) in [5.41, 5.74) is 1.08. The molecular formula is C20H27NO4S. The first kappa shape index (κ1) is 20.3. The molecule has 0 aromatic heterocycles. The van der Waals surface area contributed by atoms with Crippen LogP contribution in [0.3, 0.4) is 0 Å². The molecule has 0 radical (unpaired) electrons. The summed E-state index contributed by atoms with van der Waals surface area (Å²) in [5, 5.41) is 0. The second-order valence-corrected chi connectivity index (χ2v) is 8.70. The van der Waals surface area contributed by atoms with Gasteiger partial charge in [-0.15, -0.1) is 0 Å². The minimum atomic E-state index is -3.55. The van der Waals surface area contributed by atoms with Gasteiger partial charge in [-0.25, -0.2) is 13.1 Å². The third kappa shape index (κ3) is 5.75. The fraction of sp³-hybridized carbons (Fsp3) is 0.400. The van der Waals surface area contributed by atoms with Gasteiger partial charge in [-0.05, 0) is 42.2 Å². The van der Waals surface area contributed by atoms with E-state index in [1.807, 2.05) is 37.3 Å². The van der Waals surface area contributed by atoms with E-state index in [0.717, 1.165) is 11.3 Å². The molecule has 0 spiro atoms. The van der Waals surface area contributed by atoms with E-state index in [0.29, 0.717) is 12.4 Å². The predicted molar refractivity (Wildman–Crippen MR) is 103 cm³/mol. The van der Waals surface area contributed by atoms with E-state index in [1.165, 1.54) is 0 Å². The van der Waals surface area contributed by atoms with E-state index in [1.54, 1.807) is 18.2 Å². The van der Waals surface area contributed by atoms with Crippen LogP contribution in [-0.4, -0.2) is 28.2 Å². The highest BCUT2D eigenvalue weighted by Crippen LogP contribution is 2.23. The summed E-state index contributed by atoms with van der Waals surface area (Å²) in [5.74, 6) is 1.37. The second-order valence-electron chi connectivity index (χ2n) is 6.93. The predicted octanol–water partition coefficient (Wildman–Crippen LogP) is 3.74. The zero-order valence-corrected chi connectivity index (χ0v) is 16.6. The Morgan fingerprint density at radius 3 is 2.15 bits per heavy atom. The molecule has 6 heteroatoms. The smallest absolute Gasteiger partial charge is 0.240 e. The number of sulfonamides is 1. The van der Waals surface area contributed by atoms with E-state index >= 15 is 0 Å². The fourth-order valence-corrected chi connectivity index (χ4v) is 3.40. The lowest BCUT2D eigenvalue weighted by Gasteiger charge is -2.19. The third-order valence-corrected chi connectivity index (χ3v) is 5.29. The van der Waals surface area contributed by atoms with Crippen molar-refractivity contribution < 1.29 is 17.9 Å². The van der Waals surface area contributed by atoms with Gasteiger partial charge in [-0.3, -0.25) is 0 Å². The number of benzene rings is 2. The summed E-state index contributed by atoms with van der Waals surface area (Å²) in [6, 6.07) is 14.2. The van der Waals surface area contributed by atoms with Crippen molar-refractivity contribution in [3.63, 3.8) is 0 Å². The largest absolute Gasteiger partial charge is 0.494 e. The Balaban J connectivity index is 1.89. The zero-order chi connectivity index (χ0) is 19.2. The summed E-state index contributed by atoms with van der Waals surface area (Å²) in [6.45, 7) is 9.18. The highest BCUT2D eigenvalue weighted by molar-refractivity contribution is 7.89. The van der Waals surface area contributed by atoms with Crippen molar-refractivity contribution in [2.45, 2.75) is 38.0 Å². The Hall–Kier alpha value is -2.05. The van der Waals surface area contributed by atoms with E-state index in [2.05, 4.69) is 25.5 Å². The fourth-order valence-electron chi connectivity index (χ4n) is 2.38. The molecule has 2 aromatic rings. The molecule has 0 unspecified atom stereocenters. The van der Waals surface area contributed by atoms with E-state index in [4.69, 9.17) is 9.47 Å². The van der Waals surface area contributed by atoms with Gasteiger partial charge in [0.05, 0.1) is 11.5 Å². The highest BCUT2D eigenvalue weighted by atomic mass is 32.2. The van der Waals surface area contributed by atoms with Crippen molar-refractivity contribution >= 4 is 10.0 Å². The number of rotatable bonds is 8. The summed E-state index contributed by atoms with van der Waals surface area (Å²) in [7, 11) is -3.55. The van der Waals surface area contributed by atoms with Crippen LogP contribution in [0.5, 0.6) is 11.5 Å². The van der Waals surface area contributed by atoms with Gasteiger partial charge in [-0.2, -0.15) is 0 Å². The lowest BCUT2D eigenvalue weighted by molar-refractivity contribution is 0.313. The zero-order valence-electron chi connectivity index (χ0n) is 15.8. The first-order valence-electron chi connectivity index (χ1n) is 8.68. The van der Waals surface area contributed by atoms with Crippen LogP contribution in [0.25, 0.3) is 0 Å². The molecule has 0 aliphatic carbocycles. The molecule has 0 heterocycles. The Bertz CT molecular complexity index is 808. The van der Waals surface area contributed by atoms with Crippen molar-refractivity contribution in [2.75, 3.05) is 19.8 Å². The number of hydrogen-bond donors (Lipinski definition) is 1.